The first-order valence-electron chi connectivity index (χ1n) is 17.3. The van der Waals surface area contributed by atoms with Gasteiger partial charge in [-0.25, -0.2) is 0 Å². The van der Waals surface area contributed by atoms with Crippen molar-refractivity contribution in [3.8, 4) is 37.0 Å². The molecule has 0 aliphatic heterocycles. The number of benzene rings is 1. The molecule has 0 saturated heterocycles. The number of terminal acetylenes is 3. The lowest BCUT2D eigenvalue weighted by Gasteiger charge is -2.34. The third-order valence-electron chi connectivity index (χ3n) is 9.44. The van der Waals surface area contributed by atoms with Gasteiger partial charge in [-0.2, -0.15) is 0 Å². The summed E-state index contributed by atoms with van der Waals surface area (Å²) >= 11 is 0. The van der Waals surface area contributed by atoms with Gasteiger partial charge in [-0.3, -0.25) is 14.4 Å². The molecule has 0 bridgehead atoms. The Hall–Kier alpha value is -3.81. The number of carbonyl (C=O) groups excluding carboxylic acids is 3. The first-order valence-corrected chi connectivity index (χ1v) is 17.3. The first kappa shape index (κ1) is 40.4. The minimum absolute atomic E-state index is 0.0783. The van der Waals surface area contributed by atoms with E-state index in [9.17, 15) is 24.6 Å². The fourth-order valence-electron chi connectivity index (χ4n) is 6.13. The molecule has 0 radical (unpaired) electrons. The summed E-state index contributed by atoms with van der Waals surface area (Å²) in [6.45, 7) is 4.08. The van der Waals surface area contributed by atoms with Crippen molar-refractivity contribution in [2.45, 2.75) is 102 Å². The third kappa shape index (κ3) is 13.7. The van der Waals surface area contributed by atoms with Gasteiger partial charge < -0.3 is 30.6 Å². The van der Waals surface area contributed by atoms with Gasteiger partial charge in [0.2, 0.25) is 17.7 Å². The molecule has 5 atom stereocenters. The number of rotatable bonds is 20. The van der Waals surface area contributed by atoms with Crippen LogP contribution in [0.3, 0.4) is 0 Å². The number of aliphatic hydroxyl groups excluding tert-OH is 2. The number of amides is 3. The molecule has 0 aromatic heterocycles. The highest BCUT2D eigenvalue weighted by molar-refractivity contribution is 5.91. The maximum absolute atomic E-state index is 14.0. The molecule has 9 heteroatoms. The zero-order chi connectivity index (χ0) is 35.5. The number of carbonyl (C=O) groups is 3. The number of nitrogens with zero attached hydrogens (tertiary/aromatic N) is 2. The second kappa shape index (κ2) is 21.9. The molecule has 1 saturated carbocycles. The third-order valence-corrected chi connectivity index (χ3v) is 9.44. The van der Waals surface area contributed by atoms with Crippen LogP contribution in [0.25, 0.3) is 0 Å². The lowest BCUT2D eigenvalue weighted by atomic mass is 9.82. The molecule has 0 spiro atoms. The maximum atomic E-state index is 14.0. The molecule has 48 heavy (non-hydrogen) atoms. The molecule has 4 N–H and O–H groups in total. The summed E-state index contributed by atoms with van der Waals surface area (Å²) in [6, 6.07) is 7.24. The molecule has 0 heterocycles. The van der Waals surface area contributed by atoms with Gasteiger partial charge in [0.25, 0.3) is 0 Å². The molecular formula is C39H56N4O5. The van der Waals surface area contributed by atoms with E-state index >= 15 is 0 Å². The number of likely N-dealkylation sites (N-methyl/N-ethyl adjacent to an activating group) is 2. The Labute approximate surface area is 288 Å². The Morgan fingerprint density at radius 3 is 2.23 bits per heavy atom. The van der Waals surface area contributed by atoms with E-state index in [1.807, 2.05) is 44.3 Å². The maximum Gasteiger partial charge on any atom is 0.245 e. The number of hydrogen-bond donors (Lipinski definition) is 4. The minimum Gasteiger partial charge on any atom is -0.390 e. The highest BCUT2D eigenvalue weighted by atomic mass is 16.3. The zero-order valence-corrected chi connectivity index (χ0v) is 29.1. The summed E-state index contributed by atoms with van der Waals surface area (Å²) in [4.78, 5) is 44.9. The van der Waals surface area contributed by atoms with E-state index in [0.29, 0.717) is 32.4 Å². The lowest BCUT2D eigenvalue weighted by molar-refractivity contribution is -0.137. The summed E-state index contributed by atoms with van der Waals surface area (Å²) in [5.74, 6) is 4.40. The molecule has 2 rings (SSSR count). The molecule has 1 aromatic rings. The van der Waals surface area contributed by atoms with Gasteiger partial charge in [-0.15, -0.1) is 25.2 Å². The van der Waals surface area contributed by atoms with Crippen LogP contribution in [-0.4, -0.2) is 95.8 Å². The minimum atomic E-state index is -1.32. The van der Waals surface area contributed by atoms with Crippen molar-refractivity contribution in [2.75, 3.05) is 33.7 Å². The van der Waals surface area contributed by atoms with Crippen molar-refractivity contribution >= 4 is 17.7 Å². The van der Waals surface area contributed by atoms with E-state index in [0.717, 1.165) is 44.2 Å². The van der Waals surface area contributed by atoms with Crippen molar-refractivity contribution in [2.24, 2.45) is 17.8 Å². The normalized spacial score (nSPS) is 16.4. The first-order chi connectivity index (χ1) is 23.0. The van der Waals surface area contributed by atoms with Crippen LogP contribution < -0.4 is 10.6 Å². The second-order valence-corrected chi connectivity index (χ2v) is 13.1. The Kier molecular flexibility index (Phi) is 18.5. The quantitative estimate of drug-likeness (QED) is 0.126. The van der Waals surface area contributed by atoms with Gasteiger partial charge in [0.05, 0.1) is 24.2 Å². The molecular weight excluding hydrogens is 604 g/mol. The van der Waals surface area contributed by atoms with E-state index in [2.05, 4.69) is 33.3 Å². The Balaban J connectivity index is 2.31. The average Bonchev–Trinajstić information content (AvgIpc) is 3.10. The van der Waals surface area contributed by atoms with E-state index in [-0.39, 0.29) is 31.1 Å². The van der Waals surface area contributed by atoms with Crippen molar-refractivity contribution in [1.29, 1.82) is 0 Å². The van der Waals surface area contributed by atoms with E-state index in [4.69, 9.17) is 19.3 Å². The number of hydrogen-bond acceptors (Lipinski definition) is 6. The Bertz CT molecular complexity index is 1250. The van der Waals surface area contributed by atoms with Gasteiger partial charge >= 0.3 is 0 Å². The average molecular weight is 661 g/mol. The highest BCUT2D eigenvalue weighted by Gasteiger charge is 2.36. The van der Waals surface area contributed by atoms with Gasteiger partial charge in [-0.1, -0.05) is 81.2 Å². The fourth-order valence-corrected chi connectivity index (χ4v) is 6.13. The van der Waals surface area contributed by atoms with Crippen LogP contribution in [-0.2, 0) is 20.8 Å². The topological polar surface area (TPSA) is 122 Å². The van der Waals surface area contributed by atoms with E-state index in [1.165, 1.54) is 0 Å². The number of nitrogens with one attached hydrogen (secondary N) is 2. The molecule has 1 fully saturated rings. The predicted molar refractivity (Wildman–Crippen MR) is 190 cm³/mol. The van der Waals surface area contributed by atoms with Crippen LogP contribution in [0.2, 0.25) is 0 Å². The van der Waals surface area contributed by atoms with Gasteiger partial charge in [-0.05, 0) is 50.8 Å². The number of aliphatic hydroxyl groups is 2. The number of unbranched alkanes of at least 4 members (excludes halogenated alkanes) is 1. The van der Waals surface area contributed by atoms with Crippen molar-refractivity contribution in [3.05, 3.63) is 35.9 Å². The van der Waals surface area contributed by atoms with Gasteiger partial charge in [0.1, 0.15) is 12.0 Å². The summed E-state index contributed by atoms with van der Waals surface area (Å²) in [7, 11) is 3.69. The molecule has 262 valence electrons. The SMILES string of the molecule is C#CCCC[C@H](O)[C@H](O)[C@H](CC1CCCCC1)NC(=O)[C@@H](NC(=O)[C@@H](CC(=O)N(C)CCN(C)CC)Cc1ccccc1)C(C#C)C#C. The molecule has 1 aliphatic carbocycles. The summed E-state index contributed by atoms with van der Waals surface area (Å²) in [5.41, 5.74) is 0.861. The van der Waals surface area contributed by atoms with Gasteiger partial charge in [0.15, 0.2) is 0 Å². The fraction of sp³-hybridized carbons (Fsp3) is 0.615. The predicted octanol–water partition coefficient (Wildman–Crippen LogP) is 2.99. The van der Waals surface area contributed by atoms with Crippen LogP contribution in [0.15, 0.2) is 30.3 Å². The smallest absolute Gasteiger partial charge is 0.245 e. The largest absolute Gasteiger partial charge is 0.390 e. The Morgan fingerprint density at radius 2 is 1.62 bits per heavy atom. The molecule has 1 aliphatic rings. The zero-order valence-electron chi connectivity index (χ0n) is 29.1. The summed E-state index contributed by atoms with van der Waals surface area (Å²) < 4.78 is 0. The molecule has 0 unspecified atom stereocenters. The van der Waals surface area contributed by atoms with E-state index in [1.54, 1.807) is 11.9 Å². The van der Waals surface area contributed by atoms with Crippen molar-refractivity contribution in [3.63, 3.8) is 0 Å². The van der Waals surface area contributed by atoms with Crippen LogP contribution in [0.4, 0.5) is 0 Å². The monoisotopic (exact) mass is 660 g/mol. The van der Waals surface area contributed by atoms with Crippen LogP contribution in [0.1, 0.15) is 76.7 Å². The Morgan fingerprint density at radius 1 is 0.958 bits per heavy atom. The van der Waals surface area contributed by atoms with Gasteiger partial charge in [0, 0.05) is 33.0 Å². The molecule has 9 nitrogen and oxygen atoms in total. The molecule has 3 amide bonds. The summed E-state index contributed by atoms with van der Waals surface area (Å²) in [5, 5.41) is 27.7. The standard InChI is InChI=1S/C39H56N4O5/c1-7-11-14-23-34(44)37(46)33(27-30-21-17-13-18-22-30)40-39(48)36(31(8-2)9-3)41-38(47)32(26-29-19-15-12-16-20-29)28-35(45)43(6)25-24-42(5)10-4/h1-3,12,15-16,19-20,30-34,36-37,44,46H,10-11,13-14,17-18,21-28H2,4-6H3,(H,40,48)(H,41,47)/t32-,33+,34+,36+,37-/m1/s1. The van der Waals surface area contributed by atoms with Crippen molar-refractivity contribution < 1.29 is 24.6 Å². The van der Waals surface area contributed by atoms with E-state index < -0.39 is 47.9 Å². The van der Waals surface area contributed by atoms with Crippen LogP contribution >= 0.6 is 0 Å². The summed E-state index contributed by atoms with van der Waals surface area (Å²) in [6.07, 6.45) is 21.6. The highest BCUT2D eigenvalue weighted by Crippen LogP contribution is 2.29. The van der Waals surface area contributed by atoms with Crippen molar-refractivity contribution in [1.82, 2.24) is 20.4 Å². The second-order valence-electron chi connectivity index (χ2n) is 13.1. The lowest BCUT2D eigenvalue weighted by Crippen LogP contribution is -2.57. The van der Waals surface area contributed by atoms with Crippen LogP contribution in [0, 0.1) is 54.8 Å². The van der Waals surface area contributed by atoms with Crippen LogP contribution in [0.5, 0.6) is 0 Å². The molecule has 1 aromatic carbocycles.